The van der Waals surface area contributed by atoms with E-state index in [1.807, 2.05) is 24.4 Å². The van der Waals surface area contributed by atoms with E-state index in [4.69, 9.17) is 0 Å². The first kappa shape index (κ1) is 17.9. The Morgan fingerprint density at radius 3 is 2.90 bits per heavy atom. The Labute approximate surface area is 135 Å². The molecular formula is C14H22ClN3O2S. The number of nitrogens with zero attached hydrogens (tertiary/aromatic N) is 1. The smallest absolute Gasteiger partial charge is 0.264 e. The van der Waals surface area contributed by atoms with Gasteiger partial charge in [-0.3, -0.25) is 9.59 Å². The highest BCUT2D eigenvalue weighted by atomic mass is 35.5. The maximum atomic E-state index is 12.3. The van der Waals surface area contributed by atoms with Gasteiger partial charge in [-0.15, -0.1) is 23.7 Å². The number of amides is 2. The number of hydrogen-bond donors (Lipinski definition) is 2. The third-order valence-corrected chi connectivity index (χ3v) is 4.26. The number of likely N-dealkylation sites (tertiary alicyclic amines) is 1. The summed E-state index contributed by atoms with van der Waals surface area (Å²) in [6.45, 7) is 4.95. The summed E-state index contributed by atoms with van der Waals surface area (Å²) in [5.74, 6) is -0.0605. The summed E-state index contributed by atoms with van der Waals surface area (Å²) < 4.78 is 0. The number of rotatable bonds is 6. The average Bonchev–Trinajstić information content (AvgIpc) is 3.12. The summed E-state index contributed by atoms with van der Waals surface area (Å²) in [5, 5.41) is 7.94. The molecule has 1 aromatic rings. The minimum absolute atomic E-state index is 0. The molecule has 1 unspecified atom stereocenters. The van der Waals surface area contributed by atoms with Gasteiger partial charge in [-0.1, -0.05) is 13.0 Å². The van der Waals surface area contributed by atoms with Crippen LogP contribution in [-0.2, 0) is 4.79 Å². The Morgan fingerprint density at radius 1 is 1.43 bits per heavy atom. The number of likely N-dealkylation sites (N-methyl/N-ethyl adjacent to an activating group) is 1. The summed E-state index contributed by atoms with van der Waals surface area (Å²) >= 11 is 1.42. The largest absolute Gasteiger partial charge is 0.353 e. The van der Waals surface area contributed by atoms with Gasteiger partial charge in [0.25, 0.3) is 5.91 Å². The Hall–Kier alpha value is -1.11. The van der Waals surface area contributed by atoms with Crippen LogP contribution in [0.3, 0.4) is 0 Å². The van der Waals surface area contributed by atoms with Crippen LogP contribution in [0, 0.1) is 0 Å². The number of nitrogens with one attached hydrogen (secondary N) is 2. The van der Waals surface area contributed by atoms with E-state index in [9.17, 15) is 9.59 Å². The third-order valence-electron chi connectivity index (χ3n) is 3.40. The van der Waals surface area contributed by atoms with Crippen LogP contribution in [0.4, 0.5) is 0 Å². The van der Waals surface area contributed by atoms with E-state index in [1.165, 1.54) is 11.3 Å². The van der Waals surface area contributed by atoms with E-state index in [0.29, 0.717) is 18.0 Å². The summed E-state index contributed by atoms with van der Waals surface area (Å²) in [4.78, 5) is 26.9. The molecule has 5 nitrogen and oxygen atoms in total. The van der Waals surface area contributed by atoms with E-state index in [-0.39, 0.29) is 30.3 Å². The van der Waals surface area contributed by atoms with Gasteiger partial charge < -0.3 is 15.5 Å². The molecule has 1 atom stereocenters. The van der Waals surface area contributed by atoms with Crippen molar-refractivity contribution in [1.82, 2.24) is 15.5 Å². The van der Waals surface area contributed by atoms with Crippen LogP contribution in [0.5, 0.6) is 0 Å². The van der Waals surface area contributed by atoms with Crippen LogP contribution < -0.4 is 10.6 Å². The highest BCUT2D eigenvalue weighted by Crippen LogP contribution is 2.22. The fraction of sp³-hybridized carbons (Fsp3) is 0.571. The topological polar surface area (TPSA) is 61.4 Å². The summed E-state index contributed by atoms with van der Waals surface area (Å²) in [7, 11) is 0. The molecule has 21 heavy (non-hydrogen) atoms. The van der Waals surface area contributed by atoms with Crippen LogP contribution in [0.2, 0.25) is 0 Å². The molecule has 1 fully saturated rings. The maximum absolute atomic E-state index is 12.3. The van der Waals surface area contributed by atoms with Gasteiger partial charge >= 0.3 is 0 Å². The Morgan fingerprint density at radius 2 is 2.24 bits per heavy atom. The van der Waals surface area contributed by atoms with Crippen molar-refractivity contribution in [1.29, 1.82) is 0 Å². The van der Waals surface area contributed by atoms with Gasteiger partial charge in [0, 0.05) is 19.6 Å². The molecule has 0 aliphatic carbocycles. The van der Waals surface area contributed by atoms with Gasteiger partial charge in [0.15, 0.2) is 0 Å². The van der Waals surface area contributed by atoms with Crippen molar-refractivity contribution in [2.45, 2.75) is 25.8 Å². The van der Waals surface area contributed by atoms with Crippen LogP contribution >= 0.6 is 23.7 Å². The minimum atomic E-state index is -0.314. The van der Waals surface area contributed by atoms with Crippen LogP contribution in [-0.4, -0.2) is 48.9 Å². The maximum Gasteiger partial charge on any atom is 0.264 e. The summed E-state index contributed by atoms with van der Waals surface area (Å²) in [5.41, 5.74) is 0. The minimum Gasteiger partial charge on any atom is -0.353 e. The Kier molecular flexibility index (Phi) is 7.71. The summed E-state index contributed by atoms with van der Waals surface area (Å²) in [6.07, 6.45) is 1.65. The zero-order valence-electron chi connectivity index (χ0n) is 12.1. The molecule has 1 aliphatic rings. The zero-order valence-corrected chi connectivity index (χ0v) is 13.8. The molecule has 7 heteroatoms. The van der Waals surface area contributed by atoms with E-state index in [2.05, 4.69) is 10.6 Å². The first-order valence-corrected chi connectivity index (χ1v) is 7.95. The Bertz CT molecular complexity index is 453. The van der Waals surface area contributed by atoms with Gasteiger partial charge in [-0.2, -0.15) is 0 Å². The lowest BCUT2D eigenvalue weighted by molar-refractivity contribution is -0.124. The van der Waals surface area contributed by atoms with Crippen molar-refractivity contribution >= 4 is 35.6 Å². The normalized spacial score (nSPS) is 17.4. The second-order valence-electron chi connectivity index (χ2n) is 4.78. The quantitative estimate of drug-likeness (QED) is 0.777. The van der Waals surface area contributed by atoms with Crippen LogP contribution in [0.25, 0.3) is 0 Å². The second kappa shape index (κ2) is 9.02. The average molecular weight is 332 g/mol. The van der Waals surface area contributed by atoms with Gasteiger partial charge in [0.05, 0.1) is 4.88 Å². The molecule has 0 saturated carbocycles. The highest BCUT2D eigenvalue weighted by Gasteiger charge is 2.34. The van der Waals surface area contributed by atoms with Gasteiger partial charge in [0.1, 0.15) is 6.04 Å². The van der Waals surface area contributed by atoms with Gasteiger partial charge in [-0.25, -0.2) is 0 Å². The van der Waals surface area contributed by atoms with Gasteiger partial charge in [-0.05, 0) is 30.8 Å². The van der Waals surface area contributed by atoms with Crippen molar-refractivity contribution in [2.75, 3.05) is 26.2 Å². The predicted octanol–water partition coefficient (Wildman–Crippen LogP) is 1.50. The lowest BCUT2D eigenvalue weighted by Gasteiger charge is -2.23. The number of hydrogen-bond acceptors (Lipinski definition) is 4. The number of halogens is 1. The molecule has 2 N–H and O–H groups in total. The van der Waals surface area contributed by atoms with E-state index < -0.39 is 0 Å². The van der Waals surface area contributed by atoms with Crippen LogP contribution in [0.1, 0.15) is 29.4 Å². The molecular weight excluding hydrogens is 310 g/mol. The lowest BCUT2D eigenvalue weighted by atomic mass is 10.2. The molecule has 2 heterocycles. The molecule has 2 amide bonds. The fourth-order valence-electron chi connectivity index (χ4n) is 2.39. The predicted molar refractivity (Wildman–Crippen MR) is 87.2 cm³/mol. The highest BCUT2D eigenvalue weighted by molar-refractivity contribution is 7.12. The van der Waals surface area contributed by atoms with Crippen molar-refractivity contribution < 1.29 is 9.59 Å². The van der Waals surface area contributed by atoms with Crippen molar-refractivity contribution in [3.8, 4) is 0 Å². The monoisotopic (exact) mass is 331 g/mol. The standard InChI is InChI=1S/C14H21N3O2S.ClH/c1-2-15-7-8-16-13(18)11-5-3-9-17(11)14(19)12-6-4-10-20-12;/h4,6,10-11,15H,2-3,5,7-9H2,1H3,(H,16,18);1H. The lowest BCUT2D eigenvalue weighted by Crippen LogP contribution is -2.47. The van der Waals surface area contributed by atoms with Crippen LogP contribution in [0.15, 0.2) is 17.5 Å². The molecule has 1 aliphatic heterocycles. The Balaban J connectivity index is 0.00000220. The van der Waals surface area contributed by atoms with E-state index >= 15 is 0 Å². The SMILES string of the molecule is CCNCCNC(=O)C1CCCN1C(=O)c1cccs1.Cl. The van der Waals surface area contributed by atoms with Gasteiger partial charge in [0.2, 0.25) is 5.91 Å². The van der Waals surface area contributed by atoms with Crippen molar-refractivity contribution in [3.05, 3.63) is 22.4 Å². The first-order valence-electron chi connectivity index (χ1n) is 7.07. The number of carbonyl (C=O) groups is 2. The van der Waals surface area contributed by atoms with E-state index in [0.717, 1.165) is 25.9 Å². The molecule has 0 radical (unpaired) electrons. The molecule has 1 saturated heterocycles. The first-order chi connectivity index (χ1) is 9.74. The number of carbonyl (C=O) groups excluding carboxylic acids is 2. The molecule has 0 aromatic carbocycles. The van der Waals surface area contributed by atoms with Crippen molar-refractivity contribution in [2.24, 2.45) is 0 Å². The third kappa shape index (κ3) is 4.69. The van der Waals surface area contributed by atoms with E-state index in [1.54, 1.807) is 4.90 Å². The number of thiophene rings is 1. The fourth-order valence-corrected chi connectivity index (χ4v) is 3.07. The van der Waals surface area contributed by atoms with Crippen molar-refractivity contribution in [3.63, 3.8) is 0 Å². The zero-order chi connectivity index (χ0) is 14.4. The molecule has 2 rings (SSSR count). The summed E-state index contributed by atoms with van der Waals surface area (Å²) in [6, 6.07) is 3.36. The molecule has 0 spiro atoms. The molecule has 118 valence electrons. The molecule has 1 aromatic heterocycles. The molecule has 0 bridgehead atoms. The second-order valence-corrected chi connectivity index (χ2v) is 5.73.